The highest BCUT2D eigenvalue weighted by Gasteiger charge is 2.25. The molecule has 21 rings (SSSR count). The quantitative estimate of drug-likeness (QED) is 0.0675. The third-order valence-corrected chi connectivity index (χ3v) is 24.8. The van der Waals surface area contributed by atoms with E-state index in [9.17, 15) is 36.5 Å². The third kappa shape index (κ3) is 17.6. The summed E-state index contributed by atoms with van der Waals surface area (Å²) in [5.74, 6) is 3.44. The summed E-state index contributed by atoms with van der Waals surface area (Å²) in [6.45, 7) is 4.14. The van der Waals surface area contributed by atoms with Crippen LogP contribution in [0.2, 0.25) is 0 Å². The van der Waals surface area contributed by atoms with E-state index in [1.165, 1.54) is 51.1 Å². The van der Waals surface area contributed by atoms with Crippen LogP contribution in [0.1, 0.15) is 28.0 Å². The number of halogens is 1. The predicted octanol–water partition coefficient (Wildman–Crippen LogP) is 21.4. The second-order valence-electron chi connectivity index (χ2n) is 29.5. The highest BCUT2D eigenvalue weighted by molar-refractivity contribution is 7.90. The Morgan fingerprint density at radius 2 is 0.913 bits per heavy atom. The van der Waals surface area contributed by atoms with Crippen molar-refractivity contribution in [1.82, 2.24) is 42.3 Å². The third-order valence-electron chi connectivity index (χ3n) is 21.4. The minimum absolute atomic E-state index is 0.108. The number of rotatable bonds is 18. The highest BCUT2D eigenvalue weighted by atomic mass is 32.2. The molecule has 626 valence electrons. The fraction of sp³-hybridized carbons (Fsp3) is 0.0784. The lowest BCUT2D eigenvalue weighted by Gasteiger charge is -2.09. The number of aliphatic hydroxyl groups excluding tert-OH is 1. The number of para-hydroxylation sites is 3. The zero-order chi connectivity index (χ0) is 86.8. The largest absolute Gasteiger partial charge is 0.504 e. The summed E-state index contributed by atoms with van der Waals surface area (Å²) in [4.78, 5) is 4.77. The van der Waals surface area contributed by atoms with E-state index < -0.39 is 20.0 Å². The number of furan rings is 1. The molecule has 3 N–H and O–H groups in total. The first-order valence-corrected chi connectivity index (χ1v) is 43.1. The number of aromatic hydroxyl groups is 2. The number of aromatic nitrogens is 9. The number of fused-ring (bicyclic) bond motifs is 6. The molecule has 13 aromatic carbocycles. The number of phenols is 2. The lowest BCUT2D eigenvalue weighted by atomic mass is 10.0. The summed E-state index contributed by atoms with van der Waals surface area (Å²) in [6, 6.07) is 108. The average molecular weight is 1710 g/mol. The number of hydrogen-bond donors (Lipinski definition) is 3. The van der Waals surface area contributed by atoms with Crippen LogP contribution in [0.15, 0.2) is 379 Å². The van der Waals surface area contributed by atoms with Crippen LogP contribution in [0, 0.1) is 12.7 Å². The standard InChI is InChI=1S/C22H20N2O2.C22H17NO4S.C20H16N2O2.C19H13FN2O2S.C19H16N2O2/c1-25-20-13-12-17(14-21(20)26-2)22-18-10-6-7-11-19(18)24(23-22)15-16-8-4-3-5-9-16;1-15-5-8-17(9-6-15)28(24,25)23-12-11-19-18(3-2-4-20(19)23)16-7-10-21-22(13-16)27-14-26-21;23-18-11-10-15(12-19(18)24)20-16-8-4-5-9-17(16)22(21-20)13-14-6-2-1-3-7-14;20-17-6-4-5-14(12-17)16-11-15-9-10-22(19(15)21-13-16)25(23,24)18-7-2-1-3-8-18;22-13-15-10-11-18(23-15)19-16-8-4-5-9-17(16)21(20-19)12-14-6-2-1-3-7-14/h3-14H,15H2,1-2H3;2-13H,14H2,1H3;1-12,23-24H,13H2;1-13H;1-11,22H,12-13H2. The maximum atomic E-state index is 13.4. The van der Waals surface area contributed by atoms with Gasteiger partial charge in [-0.15, -0.1) is 0 Å². The van der Waals surface area contributed by atoms with Crippen molar-refractivity contribution >= 4 is 74.7 Å². The minimum atomic E-state index is -3.71. The maximum absolute atomic E-state index is 13.4. The number of pyridine rings is 1. The number of aliphatic hydroxyl groups is 1. The Kier molecular flexibility index (Phi) is 24.0. The molecule has 24 heteroatoms. The number of benzene rings is 13. The van der Waals surface area contributed by atoms with Crippen molar-refractivity contribution < 1.29 is 59.9 Å². The molecular weight excluding hydrogens is 1630 g/mol. The van der Waals surface area contributed by atoms with E-state index in [4.69, 9.17) is 38.7 Å². The van der Waals surface area contributed by atoms with Gasteiger partial charge in [-0.2, -0.15) is 15.3 Å². The topological polar surface area (TPSA) is 255 Å². The Bertz CT molecular complexity index is 7530. The van der Waals surface area contributed by atoms with Gasteiger partial charge in [0.25, 0.3) is 20.0 Å². The minimum Gasteiger partial charge on any atom is -0.504 e. The van der Waals surface area contributed by atoms with Gasteiger partial charge in [-0.1, -0.05) is 212 Å². The van der Waals surface area contributed by atoms with Gasteiger partial charge in [-0.05, 0) is 180 Å². The Morgan fingerprint density at radius 3 is 1.49 bits per heavy atom. The van der Waals surface area contributed by atoms with Gasteiger partial charge in [0.2, 0.25) is 6.79 Å². The molecule has 126 heavy (non-hydrogen) atoms. The van der Waals surface area contributed by atoms with Gasteiger partial charge >= 0.3 is 0 Å². The van der Waals surface area contributed by atoms with Crippen molar-refractivity contribution in [3.63, 3.8) is 0 Å². The van der Waals surface area contributed by atoms with Gasteiger partial charge < -0.3 is 38.7 Å². The molecule has 1 aliphatic rings. The molecular formula is C102H82FN9O12S2. The molecule has 7 aromatic heterocycles. The van der Waals surface area contributed by atoms with Crippen molar-refractivity contribution in [1.29, 1.82) is 0 Å². The maximum Gasteiger partial charge on any atom is 0.269 e. The van der Waals surface area contributed by atoms with Crippen LogP contribution < -0.4 is 18.9 Å². The first-order valence-electron chi connectivity index (χ1n) is 40.3. The molecule has 8 heterocycles. The van der Waals surface area contributed by atoms with E-state index in [0.29, 0.717) is 64.0 Å². The predicted molar refractivity (Wildman–Crippen MR) is 488 cm³/mol. The summed E-state index contributed by atoms with van der Waals surface area (Å²) in [5.41, 5.74) is 16.4. The van der Waals surface area contributed by atoms with Gasteiger partial charge in [0, 0.05) is 62.2 Å². The van der Waals surface area contributed by atoms with Crippen LogP contribution in [0.25, 0.3) is 111 Å². The van der Waals surface area contributed by atoms with E-state index >= 15 is 0 Å². The van der Waals surface area contributed by atoms with Crippen LogP contribution in [0.4, 0.5) is 4.39 Å². The Balaban J connectivity index is 0.000000111. The second-order valence-corrected chi connectivity index (χ2v) is 33.2. The van der Waals surface area contributed by atoms with Crippen molar-refractivity contribution in [2.45, 2.75) is 43.0 Å². The Morgan fingerprint density at radius 1 is 0.405 bits per heavy atom. The first kappa shape index (κ1) is 82.7. The van der Waals surface area contributed by atoms with E-state index in [0.717, 1.165) is 105 Å². The number of aryl methyl sites for hydroxylation is 1. The fourth-order valence-electron chi connectivity index (χ4n) is 15.1. The van der Waals surface area contributed by atoms with Gasteiger partial charge in [0.15, 0.2) is 45.9 Å². The number of phenolic OH excluding ortho intramolecular Hbond substituents is 2. The zero-order valence-corrected chi connectivity index (χ0v) is 70.0. The summed E-state index contributed by atoms with van der Waals surface area (Å²) in [5, 5.41) is 47.6. The molecule has 0 atom stereocenters. The summed E-state index contributed by atoms with van der Waals surface area (Å²) in [7, 11) is -4.10. The van der Waals surface area contributed by atoms with Gasteiger partial charge in [-0.25, -0.2) is 34.2 Å². The normalized spacial score (nSPS) is 11.6. The average Bonchev–Trinajstić information content (AvgIpc) is 1.64. The van der Waals surface area contributed by atoms with Crippen LogP contribution in [-0.2, 0) is 46.3 Å². The SMILES string of the molecule is COc1ccc(-c2nn(Cc3ccccc3)c3ccccc23)cc1OC.Cc1ccc(S(=O)(=O)n2ccc3c(-c4ccc5c(c4)OCO5)cccc32)cc1.O=S(=O)(c1ccccc1)n1ccc2cc(-c3cccc(F)c3)cnc21.OCc1ccc(-c2nn(Cc3ccccc3)c3ccccc23)o1.Oc1ccc(-c2nn(Cc3ccccc3)c3ccccc23)cc1O. The molecule has 1 aliphatic heterocycles. The van der Waals surface area contributed by atoms with Crippen molar-refractivity contribution in [3.05, 3.63) is 398 Å². The van der Waals surface area contributed by atoms with Gasteiger partial charge in [0.1, 0.15) is 35.3 Å². The molecule has 0 amide bonds. The molecule has 0 fully saturated rings. The number of nitrogens with zero attached hydrogens (tertiary/aromatic N) is 9. The Labute approximate surface area is 725 Å². The Hall–Kier alpha value is -15.6. The van der Waals surface area contributed by atoms with E-state index in [2.05, 4.69) is 76.4 Å². The summed E-state index contributed by atoms with van der Waals surface area (Å²) in [6.07, 6.45) is 4.64. The van der Waals surface area contributed by atoms with Crippen LogP contribution in [-0.4, -0.2) is 95.4 Å². The van der Waals surface area contributed by atoms with E-state index in [1.54, 1.807) is 118 Å². The highest BCUT2D eigenvalue weighted by Crippen LogP contribution is 2.41. The monoisotopic (exact) mass is 1710 g/mol. The number of ether oxygens (including phenoxy) is 4. The number of hydrogen-bond acceptors (Lipinski definition) is 16. The molecule has 20 aromatic rings. The molecule has 21 nitrogen and oxygen atoms in total. The molecule has 0 radical (unpaired) electrons. The zero-order valence-electron chi connectivity index (χ0n) is 68.4. The van der Waals surface area contributed by atoms with Crippen molar-refractivity contribution in [3.8, 4) is 90.7 Å². The number of methoxy groups -OCH3 is 2. The van der Waals surface area contributed by atoms with Crippen molar-refractivity contribution in [2.24, 2.45) is 0 Å². The van der Waals surface area contributed by atoms with Crippen molar-refractivity contribution in [2.75, 3.05) is 21.0 Å². The fourth-order valence-corrected chi connectivity index (χ4v) is 17.8. The molecule has 0 unspecified atom stereocenters. The first-order chi connectivity index (χ1) is 61.5. The summed E-state index contributed by atoms with van der Waals surface area (Å²) >= 11 is 0. The van der Waals surface area contributed by atoms with Crippen LogP contribution in [0.5, 0.6) is 34.5 Å². The molecule has 0 saturated heterocycles. The van der Waals surface area contributed by atoms with Crippen LogP contribution >= 0.6 is 0 Å². The smallest absolute Gasteiger partial charge is 0.269 e. The van der Waals surface area contributed by atoms with E-state index in [1.807, 2.05) is 180 Å². The lowest BCUT2D eigenvalue weighted by Crippen LogP contribution is -2.12. The van der Waals surface area contributed by atoms with E-state index in [-0.39, 0.29) is 40.5 Å². The second kappa shape index (κ2) is 36.6. The van der Waals surface area contributed by atoms with Gasteiger partial charge in [0.05, 0.1) is 65.7 Å². The van der Waals surface area contributed by atoms with Gasteiger partial charge in [-0.3, -0.25) is 14.0 Å². The molecule has 0 spiro atoms. The lowest BCUT2D eigenvalue weighted by molar-refractivity contribution is 0.174. The molecule has 0 saturated carbocycles. The summed E-state index contributed by atoms with van der Waals surface area (Å²) < 4.78 is 101. The molecule has 0 bridgehead atoms. The molecule has 0 aliphatic carbocycles. The van der Waals surface area contributed by atoms with Crippen LogP contribution in [0.3, 0.4) is 0 Å².